The first kappa shape index (κ1) is 18.3. The molecule has 1 heterocycles. The van der Waals surface area contributed by atoms with Crippen LogP contribution in [0.25, 0.3) is 0 Å². The zero-order valence-electron chi connectivity index (χ0n) is 14.1. The fourth-order valence-corrected chi connectivity index (χ4v) is 2.30. The van der Waals surface area contributed by atoms with Crippen LogP contribution in [0.1, 0.15) is 43.8 Å². The molecule has 1 N–H and O–H groups in total. The lowest BCUT2D eigenvalue weighted by Crippen LogP contribution is -2.29. The Balaban J connectivity index is 1.95. The first-order chi connectivity index (χ1) is 11.2. The number of hydrogen-bond acceptors (Lipinski definition) is 4. The monoisotopic (exact) mass is 393 g/mol. The van der Waals surface area contributed by atoms with Gasteiger partial charge in [0.25, 0.3) is 5.91 Å². The summed E-state index contributed by atoms with van der Waals surface area (Å²) < 4.78 is 10.6. The van der Waals surface area contributed by atoms with Gasteiger partial charge in [-0.3, -0.25) is 4.79 Å². The van der Waals surface area contributed by atoms with E-state index in [4.69, 9.17) is 9.15 Å². The molecule has 0 bridgehead atoms. The Morgan fingerprint density at radius 2 is 1.75 bits per heavy atom. The molecule has 24 heavy (non-hydrogen) atoms. The summed E-state index contributed by atoms with van der Waals surface area (Å²) in [4.78, 5) is 24.0. The van der Waals surface area contributed by atoms with Crippen molar-refractivity contribution in [2.45, 2.75) is 39.2 Å². The fourth-order valence-electron chi connectivity index (χ4n) is 1.99. The summed E-state index contributed by atoms with van der Waals surface area (Å²) >= 11 is 3.11. The van der Waals surface area contributed by atoms with Crippen LogP contribution < -0.4 is 5.32 Å². The predicted octanol–water partition coefficient (Wildman–Crippen LogP) is 4.52. The van der Waals surface area contributed by atoms with Gasteiger partial charge in [0.05, 0.1) is 0 Å². The minimum Gasteiger partial charge on any atom is -0.447 e. The van der Waals surface area contributed by atoms with Crippen LogP contribution in [-0.2, 0) is 14.9 Å². The van der Waals surface area contributed by atoms with Gasteiger partial charge in [0.2, 0.25) is 5.76 Å². The second-order valence-electron chi connectivity index (χ2n) is 6.47. The van der Waals surface area contributed by atoms with E-state index in [9.17, 15) is 9.59 Å². The van der Waals surface area contributed by atoms with Crippen molar-refractivity contribution in [1.29, 1.82) is 0 Å². The largest absolute Gasteiger partial charge is 0.447 e. The van der Waals surface area contributed by atoms with Crippen LogP contribution in [0.15, 0.2) is 45.5 Å². The number of anilines is 1. The van der Waals surface area contributed by atoms with Gasteiger partial charge in [-0.25, -0.2) is 4.79 Å². The summed E-state index contributed by atoms with van der Waals surface area (Å²) in [6.45, 7) is 7.87. The zero-order chi connectivity index (χ0) is 17.9. The van der Waals surface area contributed by atoms with Crippen LogP contribution in [0.2, 0.25) is 0 Å². The van der Waals surface area contributed by atoms with E-state index in [1.807, 2.05) is 24.3 Å². The third-order valence-electron chi connectivity index (χ3n) is 3.45. The Morgan fingerprint density at radius 1 is 1.12 bits per heavy atom. The van der Waals surface area contributed by atoms with E-state index in [1.54, 1.807) is 6.07 Å². The van der Waals surface area contributed by atoms with Crippen molar-refractivity contribution >= 4 is 33.5 Å². The van der Waals surface area contributed by atoms with Crippen molar-refractivity contribution in [3.63, 3.8) is 0 Å². The maximum Gasteiger partial charge on any atom is 0.375 e. The number of ether oxygens (including phenoxy) is 1. The van der Waals surface area contributed by atoms with Gasteiger partial charge in [-0.1, -0.05) is 32.9 Å². The number of benzene rings is 1. The molecule has 1 aromatic carbocycles. The van der Waals surface area contributed by atoms with Crippen molar-refractivity contribution in [2.75, 3.05) is 5.32 Å². The summed E-state index contributed by atoms with van der Waals surface area (Å²) in [7, 11) is 0. The lowest BCUT2D eigenvalue weighted by atomic mass is 9.87. The van der Waals surface area contributed by atoms with E-state index in [0.717, 1.165) is 0 Å². The lowest BCUT2D eigenvalue weighted by molar-refractivity contribution is -0.123. The molecule has 5 nitrogen and oxygen atoms in total. The highest BCUT2D eigenvalue weighted by Crippen LogP contribution is 2.23. The van der Waals surface area contributed by atoms with Crippen molar-refractivity contribution < 1.29 is 18.7 Å². The number of amides is 1. The van der Waals surface area contributed by atoms with E-state index < -0.39 is 18.0 Å². The second kappa shape index (κ2) is 7.21. The SMILES string of the molecule is CC(OC(=O)c1ccc(Br)o1)C(=O)Nc1ccc(C(C)(C)C)cc1. The van der Waals surface area contributed by atoms with E-state index >= 15 is 0 Å². The van der Waals surface area contributed by atoms with Crippen molar-refractivity contribution in [3.05, 3.63) is 52.4 Å². The Labute approximate surface area is 149 Å². The molecule has 0 saturated carbocycles. The van der Waals surface area contributed by atoms with Gasteiger partial charge < -0.3 is 14.5 Å². The van der Waals surface area contributed by atoms with Crippen molar-refractivity contribution in [3.8, 4) is 0 Å². The van der Waals surface area contributed by atoms with Crippen LogP contribution in [0.4, 0.5) is 5.69 Å². The molecule has 2 aromatic rings. The van der Waals surface area contributed by atoms with Crippen molar-refractivity contribution in [2.24, 2.45) is 0 Å². The first-order valence-electron chi connectivity index (χ1n) is 7.54. The highest BCUT2D eigenvalue weighted by molar-refractivity contribution is 9.10. The number of hydrogen-bond donors (Lipinski definition) is 1. The minimum atomic E-state index is -0.941. The van der Waals surface area contributed by atoms with Gasteiger partial charge in [-0.05, 0) is 58.1 Å². The maximum atomic E-state index is 12.1. The van der Waals surface area contributed by atoms with Gasteiger partial charge in [0, 0.05) is 5.69 Å². The fraction of sp³-hybridized carbons (Fsp3) is 0.333. The third-order valence-corrected chi connectivity index (χ3v) is 3.87. The highest BCUT2D eigenvalue weighted by Gasteiger charge is 2.21. The summed E-state index contributed by atoms with van der Waals surface area (Å²) in [5, 5.41) is 2.73. The van der Waals surface area contributed by atoms with Crippen molar-refractivity contribution in [1.82, 2.24) is 0 Å². The Morgan fingerprint density at radius 3 is 2.25 bits per heavy atom. The lowest BCUT2D eigenvalue weighted by Gasteiger charge is -2.19. The third kappa shape index (κ3) is 4.71. The van der Waals surface area contributed by atoms with Gasteiger partial charge >= 0.3 is 5.97 Å². The molecule has 1 atom stereocenters. The number of carbonyl (C=O) groups excluding carboxylic acids is 2. The van der Waals surface area contributed by atoms with E-state index in [0.29, 0.717) is 10.4 Å². The first-order valence-corrected chi connectivity index (χ1v) is 8.34. The predicted molar refractivity (Wildman–Crippen MR) is 95.1 cm³/mol. The van der Waals surface area contributed by atoms with Crippen LogP contribution in [0.5, 0.6) is 0 Å². The Kier molecular flexibility index (Phi) is 5.49. The molecule has 0 radical (unpaired) electrons. The summed E-state index contributed by atoms with van der Waals surface area (Å²) in [6, 6.07) is 10.6. The Hall–Kier alpha value is -2.08. The van der Waals surface area contributed by atoms with Crippen LogP contribution in [0.3, 0.4) is 0 Å². The molecule has 0 aliphatic rings. The van der Waals surface area contributed by atoms with Crippen LogP contribution in [-0.4, -0.2) is 18.0 Å². The minimum absolute atomic E-state index is 0.0380. The van der Waals surface area contributed by atoms with Gasteiger partial charge in [-0.15, -0.1) is 0 Å². The average Bonchev–Trinajstić information content (AvgIpc) is 2.93. The van der Waals surface area contributed by atoms with Gasteiger partial charge in [0.1, 0.15) is 0 Å². The summed E-state index contributed by atoms with van der Waals surface area (Å²) in [5.41, 5.74) is 1.86. The molecule has 6 heteroatoms. The van der Waals surface area contributed by atoms with Crippen LogP contribution in [0, 0.1) is 0 Å². The molecule has 0 aliphatic heterocycles. The maximum absolute atomic E-state index is 12.1. The molecule has 1 unspecified atom stereocenters. The van der Waals surface area contributed by atoms with E-state index in [-0.39, 0.29) is 11.2 Å². The number of carbonyl (C=O) groups is 2. The average molecular weight is 394 g/mol. The molecule has 1 aromatic heterocycles. The number of furan rings is 1. The van der Waals surface area contributed by atoms with E-state index in [1.165, 1.54) is 18.6 Å². The number of esters is 1. The highest BCUT2D eigenvalue weighted by atomic mass is 79.9. The van der Waals surface area contributed by atoms with Gasteiger partial charge in [-0.2, -0.15) is 0 Å². The summed E-state index contributed by atoms with van der Waals surface area (Å²) in [6.07, 6.45) is -0.941. The molecule has 0 aliphatic carbocycles. The Bertz CT molecular complexity index is 728. The molecule has 2 rings (SSSR count). The molecule has 1 amide bonds. The summed E-state index contributed by atoms with van der Waals surface area (Å²) in [5.74, 6) is -1.06. The number of nitrogens with one attached hydrogen (secondary N) is 1. The standard InChI is InChI=1S/C18H20BrNO4/c1-11(23-17(22)14-9-10-15(19)24-14)16(21)20-13-7-5-12(6-8-13)18(2,3)4/h5-11H,1-4H3,(H,20,21). The number of halogens is 1. The molecule has 0 saturated heterocycles. The molecular weight excluding hydrogens is 374 g/mol. The molecular formula is C18H20BrNO4. The van der Waals surface area contributed by atoms with Gasteiger partial charge in [0.15, 0.2) is 10.8 Å². The molecule has 0 spiro atoms. The number of rotatable bonds is 4. The second-order valence-corrected chi connectivity index (χ2v) is 7.25. The normalized spacial score (nSPS) is 12.5. The van der Waals surface area contributed by atoms with Crippen LogP contribution >= 0.6 is 15.9 Å². The molecule has 128 valence electrons. The zero-order valence-corrected chi connectivity index (χ0v) is 15.6. The van der Waals surface area contributed by atoms with E-state index in [2.05, 4.69) is 42.0 Å². The quantitative estimate of drug-likeness (QED) is 0.774. The topological polar surface area (TPSA) is 68.5 Å². The smallest absolute Gasteiger partial charge is 0.375 e. The molecule has 0 fully saturated rings.